The predicted octanol–water partition coefficient (Wildman–Crippen LogP) is 2.27. The fourth-order valence-electron chi connectivity index (χ4n) is 3.90. The van der Waals surface area contributed by atoms with Crippen molar-refractivity contribution >= 4 is 11.8 Å². The second-order valence-corrected chi connectivity index (χ2v) is 7.89. The number of carbonyl (C=O) groups is 2. The van der Waals surface area contributed by atoms with Crippen LogP contribution >= 0.6 is 0 Å². The molecule has 0 aromatic heterocycles. The number of allylic oxidation sites excluding steroid dienone is 1. The largest absolute Gasteiger partial charge is 0.505 e. The fourth-order valence-corrected chi connectivity index (χ4v) is 3.90. The molecule has 3 rings (SSSR count). The summed E-state index contributed by atoms with van der Waals surface area (Å²) in [5, 5.41) is 12.3. The van der Waals surface area contributed by atoms with Crippen molar-refractivity contribution in [1.82, 2.24) is 5.32 Å². The summed E-state index contributed by atoms with van der Waals surface area (Å²) in [4.78, 5) is 35.9. The van der Waals surface area contributed by atoms with Crippen molar-refractivity contribution in [1.29, 1.82) is 0 Å². The number of hydrogen-bond acceptors (Lipinski definition) is 5. The Balaban J connectivity index is 2.02. The van der Waals surface area contributed by atoms with E-state index in [2.05, 4.69) is 5.32 Å². The van der Waals surface area contributed by atoms with Crippen LogP contribution < -0.4 is 11.1 Å². The second kappa shape index (κ2) is 8.21. The zero-order valence-corrected chi connectivity index (χ0v) is 17.2. The van der Waals surface area contributed by atoms with Crippen LogP contribution in [0, 0.1) is 22.5 Å². The molecule has 0 saturated carbocycles. The highest BCUT2D eigenvalue weighted by atomic mass is 19.4. The van der Waals surface area contributed by atoms with E-state index in [1.165, 1.54) is 0 Å². The van der Waals surface area contributed by atoms with E-state index in [-0.39, 0.29) is 10.5 Å². The fraction of sp³-hybridized carbons (Fsp3) is 0.400. The van der Waals surface area contributed by atoms with Gasteiger partial charge in [-0.25, -0.2) is 4.39 Å². The molecule has 2 aliphatic rings. The summed E-state index contributed by atoms with van der Waals surface area (Å²) in [5.74, 6) is -9.59. The average Bonchev–Trinajstić information content (AvgIpc) is 3.00. The van der Waals surface area contributed by atoms with Crippen LogP contribution in [0.25, 0.3) is 0 Å². The van der Waals surface area contributed by atoms with E-state index in [4.69, 9.17) is 10.5 Å². The minimum atomic E-state index is -4.96. The number of hydrogen-bond donors (Lipinski definition) is 3. The lowest BCUT2D eigenvalue weighted by Crippen LogP contribution is -2.47. The van der Waals surface area contributed by atoms with Crippen LogP contribution in [-0.2, 0) is 14.3 Å². The molecule has 1 saturated heterocycles. The second-order valence-electron chi connectivity index (χ2n) is 7.89. The molecule has 1 aromatic carbocycles. The van der Waals surface area contributed by atoms with Crippen LogP contribution in [0.5, 0.6) is 5.75 Å². The Morgan fingerprint density at radius 1 is 1.27 bits per heavy atom. The van der Waals surface area contributed by atoms with Gasteiger partial charge in [0, 0.05) is 39.2 Å². The van der Waals surface area contributed by atoms with Crippen molar-refractivity contribution < 1.29 is 46.1 Å². The lowest BCUT2D eigenvalue weighted by Gasteiger charge is -2.31. The van der Waals surface area contributed by atoms with Gasteiger partial charge in [-0.2, -0.15) is 17.6 Å². The third kappa shape index (κ3) is 4.08. The van der Waals surface area contributed by atoms with Crippen molar-refractivity contribution in [2.75, 3.05) is 0 Å². The molecular formula is C20H19F5N3O5+. The number of amides is 2. The average molecular weight is 476 g/mol. The highest BCUT2D eigenvalue weighted by Crippen LogP contribution is 2.54. The van der Waals surface area contributed by atoms with Gasteiger partial charge in [0.05, 0.1) is 5.70 Å². The van der Waals surface area contributed by atoms with Gasteiger partial charge in [0.1, 0.15) is 6.10 Å². The zero-order valence-electron chi connectivity index (χ0n) is 17.2. The minimum absolute atomic E-state index is 0.124. The summed E-state index contributed by atoms with van der Waals surface area (Å²) in [7, 11) is 0. The molecule has 33 heavy (non-hydrogen) atoms. The maximum atomic E-state index is 14.0. The summed E-state index contributed by atoms with van der Waals surface area (Å²) in [5.41, 5.74) is 1.64. The molecule has 2 aliphatic heterocycles. The predicted molar refractivity (Wildman–Crippen MR) is 101 cm³/mol. The zero-order chi connectivity index (χ0) is 24.9. The van der Waals surface area contributed by atoms with Gasteiger partial charge in [-0.1, -0.05) is 13.0 Å². The Morgan fingerprint density at radius 2 is 1.91 bits per heavy atom. The number of nitrogens with two attached hydrogens (primary N) is 1. The van der Waals surface area contributed by atoms with E-state index in [1.54, 1.807) is 0 Å². The van der Waals surface area contributed by atoms with Crippen LogP contribution in [0.2, 0.25) is 0 Å². The Labute approximate surface area is 183 Å². The molecule has 0 spiro atoms. The van der Waals surface area contributed by atoms with E-state index in [1.807, 2.05) is 0 Å². The Bertz CT molecular complexity index is 1090. The van der Waals surface area contributed by atoms with Gasteiger partial charge >= 0.3 is 12.2 Å². The van der Waals surface area contributed by atoms with Crippen molar-refractivity contribution in [2.45, 2.75) is 43.7 Å². The van der Waals surface area contributed by atoms with Crippen LogP contribution in [0.4, 0.5) is 22.0 Å². The molecule has 2 heterocycles. The number of aromatic hydroxyl groups is 1. The van der Waals surface area contributed by atoms with E-state index in [9.17, 15) is 41.6 Å². The first-order chi connectivity index (χ1) is 15.2. The number of alkyl halides is 3. The first-order valence-corrected chi connectivity index (χ1v) is 9.56. The molecule has 13 heteroatoms. The maximum absolute atomic E-state index is 14.0. The van der Waals surface area contributed by atoms with Gasteiger partial charge in [-0.05, 0) is 13.0 Å². The number of nitroso groups, excluding NO2 is 1. The van der Waals surface area contributed by atoms with Crippen LogP contribution in [0.3, 0.4) is 0 Å². The van der Waals surface area contributed by atoms with Crippen molar-refractivity contribution in [2.24, 2.45) is 11.7 Å². The van der Waals surface area contributed by atoms with Crippen molar-refractivity contribution in [3.05, 3.63) is 58.3 Å². The van der Waals surface area contributed by atoms with Gasteiger partial charge in [-0.3, -0.25) is 9.59 Å². The topological polar surface area (TPSA) is 122 Å². The molecule has 5 atom stereocenters. The monoisotopic (exact) mass is 476 g/mol. The highest BCUT2D eigenvalue weighted by molar-refractivity contribution is 5.86. The summed E-state index contributed by atoms with van der Waals surface area (Å²) < 4.78 is 74.3. The molecule has 1 aromatic rings. The SMILES string of the molecule is C[C@H]1[C@H](c2ccc(F)c(F)c2O)[C@@H](C(=O)NC2=CC(C(N)=O)[N+](=O)C=C2)O[C@]1(C)C(F)(F)F. The van der Waals surface area contributed by atoms with Gasteiger partial charge in [-0.15, -0.1) is 0 Å². The number of ether oxygens (including phenoxy) is 1. The molecule has 8 nitrogen and oxygen atoms in total. The Morgan fingerprint density at radius 3 is 2.48 bits per heavy atom. The maximum Gasteiger partial charge on any atom is 0.417 e. The summed E-state index contributed by atoms with van der Waals surface area (Å²) in [6, 6.07) is 0.0150. The van der Waals surface area contributed by atoms with E-state index in [0.717, 1.165) is 31.3 Å². The number of nitrogens with zero attached hydrogens (tertiary/aromatic N) is 1. The normalized spacial score (nSPS) is 29.7. The van der Waals surface area contributed by atoms with Gasteiger partial charge in [0.25, 0.3) is 11.8 Å². The molecule has 1 fully saturated rings. The van der Waals surface area contributed by atoms with Gasteiger partial charge in [0.2, 0.25) is 12.0 Å². The Hall–Kier alpha value is -3.35. The smallest absolute Gasteiger partial charge is 0.417 e. The van der Waals surface area contributed by atoms with E-state index in [0.29, 0.717) is 13.0 Å². The van der Waals surface area contributed by atoms with Crippen LogP contribution in [0.1, 0.15) is 25.3 Å². The lowest BCUT2D eigenvalue weighted by molar-refractivity contribution is -0.495. The third-order valence-corrected chi connectivity index (χ3v) is 5.96. The number of halogens is 5. The van der Waals surface area contributed by atoms with Gasteiger partial charge < -0.3 is 20.9 Å². The molecular weight excluding hydrogens is 457 g/mol. The standard InChI is InChI=1S/C20H18F5N3O5/c1-8-13(10-3-4-11(21)14(22)15(10)29)16(33-19(8,2)20(23,24)25)18(31)27-9-5-6-28(32)12(7-9)17(26)30/h3-8,12-13,16H,1-2H3,(H3-,26,27,29,30,31)/p+1/t8-,12?,13+,16-,19-/m0/s1. The molecule has 1 unspecified atom stereocenters. The molecule has 0 bridgehead atoms. The number of primary amides is 1. The number of phenolic OH excluding ortho intramolecular Hbond substituents is 1. The summed E-state index contributed by atoms with van der Waals surface area (Å²) >= 11 is 0. The van der Waals surface area contributed by atoms with E-state index < -0.39 is 70.5 Å². The number of phenols is 1. The molecule has 0 radical (unpaired) electrons. The van der Waals surface area contributed by atoms with Crippen LogP contribution in [-0.4, -0.2) is 45.6 Å². The molecule has 2 amide bonds. The summed E-state index contributed by atoms with van der Waals surface area (Å²) in [6.45, 7) is 1.80. The summed E-state index contributed by atoms with van der Waals surface area (Å²) in [6.07, 6.45) is -3.93. The molecule has 178 valence electrons. The highest BCUT2D eigenvalue weighted by Gasteiger charge is 2.65. The lowest BCUT2D eigenvalue weighted by atomic mass is 9.77. The number of carbonyl (C=O) groups excluding carboxylic acids is 2. The van der Waals surface area contributed by atoms with Crippen molar-refractivity contribution in [3.63, 3.8) is 0 Å². The minimum Gasteiger partial charge on any atom is -0.505 e. The Kier molecular flexibility index (Phi) is 6.04. The van der Waals surface area contributed by atoms with Crippen molar-refractivity contribution in [3.8, 4) is 5.75 Å². The number of benzene rings is 1. The quantitative estimate of drug-likeness (QED) is 0.455. The number of rotatable bonds is 4. The van der Waals surface area contributed by atoms with Crippen LogP contribution in [0.15, 0.2) is 36.2 Å². The van der Waals surface area contributed by atoms with Gasteiger partial charge in [0.15, 0.2) is 17.2 Å². The number of nitrogens with one attached hydrogen (secondary N) is 1. The van der Waals surface area contributed by atoms with E-state index >= 15 is 0 Å². The first-order valence-electron chi connectivity index (χ1n) is 9.56. The third-order valence-electron chi connectivity index (χ3n) is 5.96. The first kappa shape index (κ1) is 24.3. The molecule has 0 aliphatic carbocycles. The molecule has 4 N–H and O–H groups in total.